The van der Waals surface area contributed by atoms with Crippen LogP contribution < -0.4 is 4.74 Å². The molecule has 0 unspecified atom stereocenters. The molecule has 20 heavy (non-hydrogen) atoms. The highest BCUT2D eigenvalue weighted by Crippen LogP contribution is 2.29. The van der Waals surface area contributed by atoms with Crippen LogP contribution in [0.5, 0.6) is 5.75 Å². The highest BCUT2D eigenvalue weighted by molar-refractivity contribution is 9.10. The van der Waals surface area contributed by atoms with E-state index < -0.39 is 5.97 Å². The van der Waals surface area contributed by atoms with Crippen LogP contribution in [-0.2, 0) is 4.79 Å². The average molecular weight is 342 g/mol. The molecule has 0 amide bonds. The molecule has 0 saturated heterocycles. The van der Waals surface area contributed by atoms with E-state index in [1.165, 1.54) is 0 Å². The molecule has 0 aliphatic heterocycles. The molecule has 5 heteroatoms. The molecule has 0 bridgehead atoms. The number of carbonyl (C=O) groups is 1. The van der Waals surface area contributed by atoms with Crippen molar-refractivity contribution in [3.8, 4) is 5.75 Å². The molecule has 0 fully saturated rings. The van der Waals surface area contributed by atoms with Gasteiger partial charge in [-0.05, 0) is 51.2 Å². The fraction of sp³-hybridized carbons (Fsp3) is 0.400. The van der Waals surface area contributed by atoms with Gasteiger partial charge in [0.15, 0.2) is 0 Å². The minimum atomic E-state index is -0.971. The second-order valence-corrected chi connectivity index (χ2v) is 5.73. The van der Waals surface area contributed by atoms with Gasteiger partial charge in [-0.2, -0.15) is 0 Å². The molecule has 0 spiro atoms. The van der Waals surface area contributed by atoms with Crippen LogP contribution in [0.3, 0.4) is 0 Å². The van der Waals surface area contributed by atoms with Crippen molar-refractivity contribution in [3.63, 3.8) is 0 Å². The Labute approximate surface area is 128 Å². The quantitative estimate of drug-likeness (QED) is 0.611. The summed E-state index contributed by atoms with van der Waals surface area (Å²) >= 11 is 3.41. The lowest BCUT2D eigenvalue weighted by Gasteiger charge is -2.14. The maximum absolute atomic E-state index is 10.6. The number of halogens is 1. The molecule has 110 valence electrons. The summed E-state index contributed by atoms with van der Waals surface area (Å²) in [6, 6.07) is 3.81. The van der Waals surface area contributed by atoms with Crippen LogP contribution >= 0.6 is 15.9 Å². The molecule has 0 saturated carbocycles. The number of aliphatic carboxylic acids is 1. The number of ether oxygens (including phenoxy) is 1. The third kappa shape index (κ3) is 5.75. The topological polar surface area (TPSA) is 49.8 Å². The predicted molar refractivity (Wildman–Crippen MR) is 84.2 cm³/mol. The SMILES string of the molecule is Cc1cc(Br)cc(/C=C/C(=O)O)c1OCCCN(C)C. The highest BCUT2D eigenvalue weighted by atomic mass is 79.9. The standard InChI is InChI=1S/C15H20BrNO3/c1-11-9-13(16)10-12(5-6-14(18)19)15(11)20-8-4-7-17(2)3/h5-6,9-10H,4,7-8H2,1-3H3,(H,18,19)/b6-5+. The van der Waals surface area contributed by atoms with Gasteiger partial charge in [-0.25, -0.2) is 4.79 Å². The van der Waals surface area contributed by atoms with E-state index in [-0.39, 0.29) is 0 Å². The van der Waals surface area contributed by atoms with Gasteiger partial charge in [-0.3, -0.25) is 0 Å². The van der Waals surface area contributed by atoms with Crippen LogP contribution in [0.25, 0.3) is 6.08 Å². The monoisotopic (exact) mass is 341 g/mol. The number of carboxylic acids is 1. The summed E-state index contributed by atoms with van der Waals surface area (Å²) in [7, 11) is 4.04. The second-order valence-electron chi connectivity index (χ2n) is 4.82. The minimum Gasteiger partial charge on any atom is -0.493 e. The Morgan fingerprint density at radius 3 is 2.75 bits per heavy atom. The van der Waals surface area contributed by atoms with Crippen LogP contribution in [0.1, 0.15) is 17.5 Å². The molecule has 0 atom stereocenters. The van der Waals surface area contributed by atoms with E-state index in [1.54, 1.807) is 6.08 Å². The van der Waals surface area contributed by atoms with E-state index in [0.29, 0.717) is 6.61 Å². The Morgan fingerprint density at radius 2 is 2.15 bits per heavy atom. The Morgan fingerprint density at radius 1 is 1.45 bits per heavy atom. The summed E-state index contributed by atoms with van der Waals surface area (Å²) in [4.78, 5) is 12.7. The lowest BCUT2D eigenvalue weighted by Crippen LogP contribution is -2.15. The molecule has 0 aliphatic rings. The molecular weight excluding hydrogens is 322 g/mol. The van der Waals surface area contributed by atoms with Gasteiger partial charge in [0.2, 0.25) is 0 Å². The van der Waals surface area contributed by atoms with Crippen molar-refractivity contribution in [2.24, 2.45) is 0 Å². The fourth-order valence-electron chi connectivity index (χ4n) is 1.79. The molecule has 0 aromatic heterocycles. The summed E-state index contributed by atoms with van der Waals surface area (Å²) in [5.74, 6) is -0.231. The van der Waals surface area contributed by atoms with Gasteiger partial charge in [0.25, 0.3) is 0 Å². The van der Waals surface area contributed by atoms with Crippen molar-refractivity contribution in [1.82, 2.24) is 4.90 Å². The predicted octanol–water partition coefficient (Wildman–Crippen LogP) is 3.19. The van der Waals surface area contributed by atoms with E-state index in [1.807, 2.05) is 33.2 Å². The first-order valence-corrected chi connectivity index (χ1v) is 7.18. The van der Waals surface area contributed by atoms with Crippen LogP contribution in [0, 0.1) is 6.92 Å². The molecule has 4 nitrogen and oxygen atoms in total. The van der Waals surface area contributed by atoms with Crippen molar-refractivity contribution in [2.75, 3.05) is 27.2 Å². The lowest BCUT2D eigenvalue weighted by atomic mass is 10.1. The third-order valence-electron chi connectivity index (χ3n) is 2.67. The number of hydrogen-bond donors (Lipinski definition) is 1. The Bertz CT molecular complexity index is 498. The summed E-state index contributed by atoms with van der Waals surface area (Å²) in [5, 5.41) is 8.73. The van der Waals surface area contributed by atoms with E-state index in [4.69, 9.17) is 9.84 Å². The second kappa shape index (κ2) is 8.07. The molecule has 1 aromatic rings. The molecule has 0 heterocycles. The van der Waals surface area contributed by atoms with Crippen LogP contribution in [0.15, 0.2) is 22.7 Å². The van der Waals surface area contributed by atoms with Crippen LogP contribution in [0.4, 0.5) is 0 Å². The normalized spacial score (nSPS) is 11.2. The number of aryl methyl sites for hydroxylation is 1. The van der Waals surface area contributed by atoms with Gasteiger partial charge in [0.1, 0.15) is 5.75 Å². The van der Waals surface area contributed by atoms with Gasteiger partial charge in [-0.1, -0.05) is 15.9 Å². The summed E-state index contributed by atoms with van der Waals surface area (Å²) in [6.45, 7) is 3.51. The highest BCUT2D eigenvalue weighted by Gasteiger charge is 2.07. The zero-order chi connectivity index (χ0) is 15.1. The molecule has 0 radical (unpaired) electrons. The first-order valence-electron chi connectivity index (χ1n) is 6.39. The van der Waals surface area contributed by atoms with Crippen molar-refractivity contribution in [3.05, 3.63) is 33.8 Å². The first-order chi connectivity index (χ1) is 9.40. The van der Waals surface area contributed by atoms with Crippen LogP contribution in [-0.4, -0.2) is 43.2 Å². The molecule has 1 aromatic carbocycles. The average Bonchev–Trinajstić information content (AvgIpc) is 2.33. The van der Waals surface area contributed by atoms with Crippen LogP contribution in [0.2, 0.25) is 0 Å². The number of nitrogens with zero attached hydrogens (tertiary/aromatic N) is 1. The van der Waals surface area contributed by atoms with Gasteiger partial charge >= 0.3 is 5.97 Å². The number of rotatable bonds is 7. The largest absolute Gasteiger partial charge is 0.493 e. The molecule has 0 aliphatic carbocycles. The lowest BCUT2D eigenvalue weighted by molar-refractivity contribution is -0.131. The van der Waals surface area contributed by atoms with E-state index in [9.17, 15) is 4.79 Å². The van der Waals surface area contributed by atoms with Gasteiger partial charge in [-0.15, -0.1) is 0 Å². The summed E-state index contributed by atoms with van der Waals surface area (Å²) in [5.41, 5.74) is 1.75. The summed E-state index contributed by atoms with van der Waals surface area (Å²) in [6.07, 6.45) is 3.60. The smallest absolute Gasteiger partial charge is 0.328 e. The van der Waals surface area contributed by atoms with Gasteiger partial charge in [0.05, 0.1) is 6.61 Å². The van der Waals surface area contributed by atoms with Gasteiger partial charge < -0.3 is 14.7 Å². The van der Waals surface area contributed by atoms with Crippen molar-refractivity contribution in [2.45, 2.75) is 13.3 Å². The van der Waals surface area contributed by atoms with Crippen molar-refractivity contribution in [1.29, 1.82) is 0 Å². The fourth-order valence-corrected chi connectivity index (χ4v) is 2.38. The van der Waals surface area contributed by atoms with E-state index in [0.717, 1.165) is 40.4 Å². The molecular formula is C15H20BrNO3. The van der Waals surface area contributed by atoms with E-state index in [2.05, 4.69) is 20.8 Å². The van der Waals surface area contributed by atoms with Gasteiger partial charge in [0, 0.05) is 22.7 Å². The molecule has 1 rings (SSSR count). The maximum atomic E-state index is 10.6. The maximum Gasteiger partial charge on any atom is 0.328 e. The first kappa shape index (κ1) is 16.7. The van der Waals surface area contributed by atoms with E-state index >= 15 is 0 Å². The molecule has 1 N–H and O–H groups in total. The Kier molecular flexibility index (Phi) is 6.75. The van der Waals surface area contributed by atoms with Crippen molar-refractivity contribution < 1.29 is 14.6 Å². The van der Waals surface area contributed by atoms with Crippen molar-refractivity contribution >= 4 is 28.0 Å². The third-order valence-corrected chi connectivity index (χ3v) is 3.13. The number of benzene rings is 1. The minimum absolute atomic E-state index is 0.606. The zero-order valence-corrected chi connectivity index (χ0v) is 13.6. The number of hydrogen-bond acceptors (Lipinski definition) is 3. The Balaban J connectivity index is 2.84. The Hall–Kier alpha value is -1.33. The summed E-state index contributed by atoms with van der Waals surface area (Å²) < 4.78 is 6.72. The zero-order valence-electron chi connectivity index (χ0n) is 12.0. The number of carboxylic acid groups (broad SMARTS) is 1.